The first-order chi connectivity index (χ1) is 15.2. The standard InChI is InChI=1S/C26H25N3O2/c1-18-15-23-22(25-8-4-14-31-25)6-2-7-24(23)29(18)21-11-9-20(10-12-21)28-26(30)16-19-5-3-13-27-17-19/h2-3,5-7,9-13,15,17,25H,4,8,14,16H2,1H3,(H,28,30). The molecule has 4 aromatic rings. The van der Waals surface area contributed by atoms with E-state index in [9.17, 15) is 4.79 Å². The number of aryl methyl sites for hydroxylation is 1. The number of nitrogens with one attached hydrogen (secondary N) is 1. The van der Waals surface area contributed by atoms with Crippen LogP contribution in [0.15, 0.2) is 73.1 Å². The molecule has 0 saturated carbocycles. The Kier molecular flexibility index (Phi) is 5.26. The molecule has 31 heavy (non-hydrogen) atoms. The number of hydrogen-bond donors (Lipinski definition) is 1. The second-order valence-electron chi connectivity index (χ2n) is 8.04. The van der Waals surface area contributed by atoms with Crippen LogP contribution in [0.25, 0.3) is 16.6 Å². The number of rotatable bonds is 5. The lowest BCUT2D eigenvalue weighted by Gasteiger charge is -2.13. The van der Waals surface area contributed by atoms with Crippen molar-refractivity contribution in [2.45, 2.75) is 32.3 Å². The van der Waals surface area contributed by atoms with E-state index in [4.69, 9.17) is 4.74 Å². The first-order valence-corrected chi connectivity index (χ1v) is 10.7. The smallest absolute Gasteiger partial charge is 0.228 e. The zero-order valence-electron chi connectivity index (χ0n) is 17.5. The van der Waals surface area contributed by atoms with Crippen LogP contribution in [-0.4, -0.2) is 22.1 Å². The Morgan fingerprint density at radius 1 is 1.16 bits per heavy atom. The molecule has 1 fully saturated rings. The number of aromatic nitrogens is 2. The number of benzene rings is 2. The summed E-state index contributed by atoms with van der Waals surface area (Å²) in [7, 11) is 0. The Labute approximate surface area is 181 Å². The van der Waals surface area contributed by atoms with Crippen LogP contribution in [-0.2, 0) is 16.0 Å². The highest BCUT2D eigenvalue weighted by Crippen LogP contribution is 2.35. The summed E-state index contributed by atoms with van der Waals surface area (Å²) in [5.74, 6) is -0.0513. The van der Waals surface area contributed by atoms with Gasteiger partial charge in [0.15, 0.2) is 0 Å². The number of carbonyl (C=O) groups excluding carboxylic acids is 1. The van der Waals surface area contributed by atoms with Crippen molar-refractivity contribution in [2.24, 2.45) is 0 Å². The van der Waals surface area contributed by atoms with Crippen LogP contribution in [0.3, 0.4) is 0 Å². The number of fused-ring (bicyclic) bond motifs is 1. The third-order valence-electron chi connectivity index (χ3n) is 5.84. The normalized spacial score (nSPS) is 16.0. The van der Waals surface area contributed by atoms with E-state index in [0.717, 1.165) is 36.4 Å². The van der Waals surface area contributed by atoms with Crippen molar-refractivity contribution < 1.29 is 9.53 Å². The van der Waals surface area contributed by atoms with Crippen molar-refractivity contribution in [1.29, 1.82) is 0 Å². The predicted molar refractivity (Wildman–Crippen MR) is 123 cm³/mol. The molecule has 0 spiro atoms. The van der Waals surface area contributed by atoms with Crippen molar-refractivity contribution in [3.8, 4) is 5.69 Å². The summed E-state index contributed by atoms with van der Waals surface area (Å²) in [6, 6.07) is 20.4. The second kappa shape index (κ2) is 8.36. The minimum absolute atomic E-state index is 0.0513. The van der Waals surface area contributed by atoms with Crippen molar-refractivity contribution in [1.82, 2.24) is 9.55 Å². The number of carbonyl (C=O) groups is 1. The van der Waals surface area contributed by atoms with Gasteiger partial charge in [-0.1, -0.05) is 18.2 Å². The fourth-order valence-corrected chi connectivity index (χ4v) is 4.42. The molecule has 3 heterocycles. The Morgan fingerprint density at radius 3 is 2.77 bits per heavy atom. The maximum absolute atomic E-state index is 12.3. The molecular formula is C26H25N3O2. The summed E-state index contributed by atoms with van der Waals surface area (Å²) in [6.07, 6.45) is 6.12. The van der Waals surface area contributed by atoms with E-state index in [1.165, 1.54) is 22.2 Å². The minimum Gasteiger partial charge on any atom is -0.374 e. The van der Waals surface area contributed by atoms with Gasteiger partial charge in [0.25, 0.3) is 0 Å². The summed E-state index contributed by atoms with van der Waals surface area (Å²) >= 11 is 0. The van der Waals surface area contributed by atoms with E-state index in [2.05, 4.69) is 46.1 Å². The molecule has 0 radical (unpaired) electrons. The van der Waals surface area contributed by atoms with E-state index >= 15 is 0 Å². The molecule has 5 rings (SSSR count). The molecule has 1 saturated heterocycles. The highest BCUT2D eigenvalue weighted by atomic mass is 16.5. The average Bonchev–Trinajstić information content (AvgIpc) is 3.42. The Hall–Kier alpha value is -3.44. The van der Waals surface area contributed by atoms with Gasteiger partial charge in [-0.3, -0.25) is 9.78 Å². The average molecular weight is 412 g/mol. The van der Waals surface area contributed by atoms with Gasteiger partial charge in [-0.15, -0.1) is 0 Å². The number of ether oxygens (including phenoxy) is 1. The maximum atomic E-state index is 12.3. The predicted octanol–water partition coefficient (Wildman–Crippen LogP) is 5.37. The Balaban J connectivity index is 1.39. The van der Waals surface area contributed by atoms with Crippen LogP contribution in [0.1, 0.15) is 35.8 Å². The number of amides is 1. The molecule has 2 aromatic heterocycles. The Bertz CT molecular complexity index is 1210. The summed E-state index contributed by atoms with van der Waals surface area (Å²) in [6.45, 7) is 2.97. The monoisotopic (exact) mass is 411 g/mol. The highest BCUT2D eigenvalue weighted by molar-refractivity contribution is 5.92. The first-order valence-electron chi connectivity index (χ1n) is 10.7. The molecule has 1 aliphatic rings. The fraction of sp³-hybridized carbons (Fsp3) is 0.231. The quantitative estimate of drug-likeness (QED) is 0.481. The van der Waals surface area contributed by atoms with Gasteiger partial charge in [-0.2, -0.15) is 0 Å². The third-order valence-corrected chi connectivity index (χ3v) is 5.84. The van der Waals surface area contributed by atoms with Crippen molar-refractivity contribution in [3.05, 3.63) is 89.9 Å². The molecule has 1 atom stereocenters. The van der Waals surface area contributed by atoms with Gasteiger partial charge in [0, 0.05) is 41.5 Å². The van der Waals surface area contributed by atoms with Gasteiger partial charge in [0.2, 0.25) is 5.91 Å². The second-order valence-corrected chi connectivity index (χ2v) is 8.04. The van der Waals surface area contributed by atoms with E-state index in [1.54, 1.807) is 12.4 Å². The SMILES string of the molecule is Cc1cc2c(C3CCCO3)cccc2n1-c1ccc(NC(=O)Cc2cccnc2)cc1. The van der Waals surface area contributed by atoms with Gasteiger partial charge in [-0.25, -0.2) is 0 Å². The highest BCUT2D eigenvalue weighted by Gasteiger charge is 2.21. The van der Waals surface area contributed by atoms with Crippen LogP contribution in [0, 0.1) is 6.92 Å². The molecule has 1 amide bonds. The number of anilines is 1. The molecule has 156 valence electrons. The van der Waals surface area contributed by atoms with Crippen LogP contribution in [0.4, 0.5) is 5.69 Å². The van der Waals surface area contributed by atoms with Gasteiger partial charge < -0.3 is 14.6 Å². The van der Waals surface area contributed by atoms with Crippen LogP contribution in [0.5, 0.6) is 0 Å². The zero-order chi connectivity index (χ0) is 21.2. The number of nitrogens with zero attached hydrogens (tertiary/aromatic N) is 2. The molecule has 5 nitrogen and oxygen atoms in total. The minimum atomic E-state index is -0.0513. The molecule has 1 unspecified atom stereocenters. The van der Waals surface area contributed by atoms with Crippen LogP contribution < -0.4 is 5.32 Å². The molecule has 5 heteroatoms. The lowest BCUT2D eigenvalue weighted by Crippen LogP contribution is -2.14. The van der Waals surface area contributed by atoms with Crippen LogP contribution >= 0.6 is 0 Å². The Morgan fingerprint density at radius 2 is 2.03 bits per heavy atom. The number of pyridine rings is 1. The van der Waals surface area contributed by atoms with Gasteiger partial charge in [-0.05, 0) is 73.4 Å². The summed E-state index contributed by atoms with van der Waals surface area (Å²) in [4.78, 5) is 16.4. The van der Waals surface area contributed by atoms with Gasteiger partial charge >= 0.3 is 0 Å². The summed E-state index contributed by atoms with van der Waals surface area (Å²) in [5.41, 5.74) is 6.38. The largest absolute Gasteiger partial charge is 0.374 e. The fourth-order valence-electron chi connectivity index (χ4n) is 4.42. The number of hydrogen-bond acceptors (Lipinski definition) is 3. The maximum Gasteiger partial charge on any atom is 0.228 e. The molecule has 1 N–H and O–H groups in total. The lowest BCUT2D eigenvalue weighted by molar-refractivity contribution is -0.115. The molecule has 2 aromatic carbocycles. The van der Waals surface area contributed by atoms with Crippen molar-refractivity contribution in [2.75, 3.05) is 11.9 Å². The van der Waals surface area contributed by atoms with Crippen molar-refractivity contribution in [3.63, 3.8) is 0 Å². The van der Waals surface area contributed by atoms with E-state index in [-0.39, 0.29) is 12.0 Å². The molecule has 0 bridgehead atoms. The van der Waals surface area contributed by atoms with E-state index in [0.29, 0.717) is 6.42 Å². The third kappa shape index (κ3) is 3.97. The topological polar surface area (TPSA) is 56.1 Å². The lowest BCUT2D eigenvalue weighted by atomic mass is 10.0. The van der Waals surface area contributed by atoms with Crippen molar-refractivity contribution >= 4 is 22.5 Å². The molecule has 0 aliphatic carbocycles. The zero-order valence-corrected chi connectivity index (χ0v) is 17.5. The van der Waals surface area contributed by atoms with E-state index in [1.807, 2.05) is 36.4 Å². The van der Waals surface area contributed by atoms with Crippen LogP contribution in [0.2, 0.25) is 0 Å². The summed E-state index contributed by atoms with van der Waals surface area (Å²) < 4.78 is 8.20. The first kappa shape index (κ1) is 19.5. The summed E-state index contributed by atoms with van der Waals surface area (Å²) in [5, 5.41) is 4.22. The molecule has 1 aliphatic heterocycles. The van der Waals surface area contributed by atoms with Gasteiger partial charge in [0.1, 0.15) is 0 Å². The molecular weight excluding hydrogens is 386 g/mol. The van der Waals surface area contributed by atoms with E-state index < -0.39 is 0 Å². The van der Waals surface area contributed by atoms with Gasteiger partial charge in [0.05, 0.1) is 18.0 Å².